The molecule has 0 amide bonds. The molecule has 0 aromatic heterocycles. The minimum Gasteiger partial charge on any atom is -0.493 e. The summed E-state index contributed by atoms with van der Waals surface area (Å²) in [6.07, 6.45) is 9.26. The Bertz CT molecular complexity index is 458. The Labute approximate surface area is 115 Å². The van der Waals surface area contributed by atoms with E-state index < -0.39 is 0 Å². The van der Waals surface area contributed by atoms with Crippen LogP contribution in [-0.4, -0.2) is 12.4 Å². The van der Waals surface area contributed by atoms with E-state index in [1.165, 1.54) is 37.7 Å². The van der Waals surface area contributed by atoms with Gasteiger partial charge in [-0.2, -0.15) is 0 Å². The molecule has 102 valence electrons. The second-order valence-corrected chi connectivity index (χ2v) is 5.91. The molecule has 1 heterocycles. The minimum atomic E-state index is 0.320. The van der Waals surface area contributed by atoms with Crippen LogP contribution in [0.4, 0.5) is 0 Å². The summed E-state index contributed by atoms with van der Waals surface area (Å²) in [6, 6.07) is 5.97. The van der Waals surface area contributed by atoms with Gasteiger partial charge in [0.15, 0.2) is 5.78 Å². The van der Waals surface area contributed by atoms with Crippen LogP contribution in [0, 0.1) is 5.92 Å². The summed E-state index contributed by atoms with van der Waals surface area (Å²) in [5, 5.41) is 0. The van der Waals surface area contributed by atoms with Crippen molar-refractivity contribution in [3.05, 3.63) is 29.3 Å². The third kappa shape index (κ3) is 2.99. The molecule has 19 heavy (non-hydrogen) atoms. The molecule has 2 aliphatic rings. The van der Waals surface area contributed by atoms with Crippen LogP contribution >= 0.6 is 0 Å². The second kappa shape index (κ2) is 5.77. The average Bonchev–Trinajstić information content (AvgIpc) is 2.48. The first kappa shape index (κ1) is 12.7. The van der Waals surface area contributed by atoms with Crippen LogP contribution in [0.15, 0.2) is 18.2 Å². The summed E-state index contributed by atoms with van der Waals surface area (Å²) in [4.78, 5) is 12.4. The zero-order valence-corrected chi connectivity index (χ0v) is 11.5. The Morgan fingerprint density at radius 3 is 2.84 bits per heavy atom. The smallest absolute Gasteiger partial charge is 0.163 e. The Hall–Kier alpha value is -1.31. The quantitative estimate of drug-likeness (QED) is 0.761. The number of benzene rings is 1. The van der Waals surface area contributed by atoms with Gasteiger partial charge in [-0.05, 0) is 42.5 Å². The van der Waals surface area contributed by atoms with Gasteiger partial charge in [-0.1, -0.05) is 32.1 Å². The summed E-state index contributed by atoms with van der Waals surface area (Å²) in [5.41, 5.74) is 2.09. The Kier molecular flexibility index (Phi) is 3.86. The van der Waals surface area contributed by atoms with Gasteiger partial charge in [0.25, 0.3) is 0 Å². The summed E-state index contributed by atoms with van der Waals surface area (Å²) >= 11 is 0. The number of rotatable bonds is 3. The van der Waals surface area contributed by atoms with Crippen molar-refractivity contribution in [1.29, 1.82) is 0 Å². The maximum absolute atomic E-state index is 12.4. The highest BCUT2D eigenvalue weighted by Crippen LogP contribution is 2.29. The van der Waals surface area contributed by atoms with E-state index in [0.29, 0.717) is 11.7 Å². The molecule has 0 unspecified atom stereocenters. The molecule has 1 aromatic rings. The van der Waals surface area contributed by atoms with E-state index >= 15 is 0 Å². The van der Waals surface area contributed by atoms with Crippen molar-refractivity contribution in [2.75, 3.05) is 6.61 Å². The minimum absolute atomic E-state index is 0.320. The van der Waals surface area contributed by atoms with Gasteiger partial charge < -0.3 is 4.74 Å². The molecule has 1 aliphatic heterocycles. The number of carbonyl (C=O) groups is 1. The monoisotopic (exact) mass is 258 g/mol. The molecule has 2 heteroatoms. The molecule has 0 atom stereocenters. The lowest BCUT2D eigenvalue weighted by Gasteiger charge is -2.21. The van der Waals surface area contributed by atoms with E-state index in [9.17, 15) is 4.79 Å². The van der Waals surface area contributed by atoms with E-state index in [4.69, 9.17) is 4.74 Å². The van der Waals surface area contributed by atoms with E-state index in [2.05, 4.69) is 6.07 Å². The highest BCUT2D eigenvalue weighted by Gasteiger charge is 2.19. The molecule has 1 aromatic carbocycles. The summed E-state index contributed by atoms with van der Waals surface area (Å²) < 4.78 is 5.60. The van der Waals surface area contributed by atoms with Crippen molar-refractivity contribution >= 4 is 5.78 Å². The third-order valence-corrected chi connectivity index (χ3v) is 4.43. The number of hydrogen-bond donors (Lipinski definition) is 0. The van der Waals surface area contributed by atoms with Crippen LogP contribution in [-0.2, 0) is 6.42 Å². The van der Waals surface area contributed by atoms with Gasteiger partial charge in [0.2, 0.25) is 0 Å². The molecule has 1 saturated carbocycles. The van der Waals surface area contributed by atoms with Gasteiger partial charge in [0.05, 0.1) is 6.61 Å². The molecule has 0 N–H and O–H groups in total. The molecule has 1 aliphatic carbocycles. The molecular weight excluding hydrogens is 236 g/mol. The Balaban J connectivity index is 1.69. The number of ketones is 1. The van der Waals surface area contributed by atoms with E-state index in [1.807, 2.05) is 12.1 Å². The number of ether oxygens (including phenoxy) is 1. The van der Waals surface area contributed by atoms with Crippen LogP contribution in [0.3, 0.4) is 0 Å². The highest BCUT2D eigenvalue weighted by molar-refractivity contribution is 5.96. The van der Waals surface area contributed by atoms with E-state index in [1.54, 1.807) is 0 Å². The lowest BCUT2D eigenvalue weighted by Crippen LogP contribution is -2.13. The van der Waals surface area contributed by atoms with Crippen LogP contribution < -0.4 is 4.74 Å². The van der Waals surface area contributed by atoms with Gasteiger partial charge in [0, 0.05) is 12.0 Å². The van der Waals surface area contributed by atoms with Crippen LogP contribution in [0.2, 0.25) is 0 Å². The van der Waals surface area contributed by atoms with Crippen LogP contribution in [0.5, 0.6) is 5.75 Å². The van der Waals surface area contributed by atoms with Gasteiger partial charge in [0.1, 0.15) is 5.75 Å². The summed E-state index contributed by atoms with van der Waals surface area (Å²) in [5.74, 6) is 1.91. The number of aryl methyl sites for hydroxylation is 1. The van der Waals surface area contributed by atoms with Gasteiger partial charge in [-0.3, -0.25) is 4.79 Å². The van der Waals surface area contributed by atoms with E-state index in [-0.39, 0.29) is 0 Å². The molecule has 0 saturated heterocycles. The van der Waals surface area contributed by atoms with Gasteiger partial charge >= 0.3 is 0 Å². The standard InChI is InChI=1S/C17H22O2/c18-16(11-13-5-2-1-3-6-13)14-8-9-17-15(12-14)7-4-10-19-17/h8-9,12-13H,1-7,10-11H2. The maximum Gasteiger partial charge on any atom is 0.163 e. The molecule has 2 nitrogen and oxygen atoms in total. The molecule has 1 fully saturated rings. The first-order valence-corrected chi connectivity index (χ1v) is 7.62. The molecule has 3 rings (SSSR count). The third-order valence-electron chi connectivity index (χ3n) is 4.43. The first-order chi connectivity index (χ1) is 9.33. The lowest BCUT2D eigenvalue weighted by molar-refractivity contribution is 0.0950. The predicted octanol–water partition coefficient (Wildman–Crippen LogP) is 4.16. The number of Topliss-reactive ketones (excluding diaryl/α,β-unsaturated/α-hetero) is 1. The number of carbonyl (C=O) groups excluding carboxylic acids is 1. The van der Waals surface area contributed by atoms with Crippen molar-refractivity contribution in [2.24, 2.45) is 5.92 Å². The second-order valence-electron chi connectivity index (χ2n) is 5.91. The SMILES string of the molecule is O=C(CC1CCCCC1)c1ccc2c(c1)CCCO2. The molecular formula is C17H22O2. The summed E-state index contributed by atoms with van der Waals surface area (Å²) in [7, 11) is 0. The van der Waals surface area contributed by atoms with Gasteiger partial charge in [-0.15, -0.1) is 0 Å². The lowest BCUT2D eigenvalue weighted by atomic mass is 9.84. The summed E-state index contributed by atoms with van der Waals surface area (Å²) in [6.45, 7) is 0.808. The Morgan fingerprint density at radius 2 is 2.00 bits per heavy atom. The van der Waals surface area contributed by atoms with Crippen molar-refractivity contribution < 1.29 is 9.53 Å². The fraction of sp³-hybridized carbons (Fsp3) is 0.588. The zero-order valence-electron chi connectivity index (χ0n) is 11.5. The molecule has 0 spiro atoms. The van der Waals surface area contributed by atoms with E-state index in [0.717, 1.165) is 37.2 Å². The molecule has 0 radical (unpaired) electrons. The van der Waals surface area contributed by atoms with Crippen molar-refractivity contribution in [2.45, 2.75) is 51.4 Å². The normalized spacial score (nSPS) is 19.6. The fourth-order valence-electron chi connectivity index (χ4n) is 3.31. The largest absolute Gasteiger partial charge is 0.493 e. The first-order valence-electron chi connectivity index (χ1n) is 7.62. The van der Waals surface area contributed by atoms with Crippen LogP contribution in [0.1, 0.15) is 60.9 Å². The topological polar surface area (TPSA) is 26.3 Å². The van der Waals surface area contributed by atoms with Crippen molar-refractivity contribution in [3.63, 3.8) is 0 Å². The van der Waals surface area contributed by atoms with Gasteiger partial charge in [-0.25, -0.2) is 0 Å². The predicted molar refractivity (Wildman–Crippen MR) is 75.8 cm³/mol. The number of fused-ring (bicyclic) bond motifs is 1. The molecule has 0 bridgehead atoms. The highest BCUT2D eigenvalue weighted by atomic mass is 16.5. The van der Waals surface area contributed by atoms with Crippen molar-refractivity contribution in [1.82, 2.24) is 0 Å². The average molecular weight is 258 g/mol. The maximum atomic E-state index is 12.4. The van der Waals surface area contributed by atoms with Crippen molar-refractivity contribution in [3.8, 4) is 5.75 Å². The van der Waals surface area contributed by atoms with Crippen LogP contribution in [0.25, 0.3) is 0 Å². The fourth-order valence-corrected chi connectivity index (χ4v) is 3.31. The zero-order chi connectivity index (χ0) is 13.1. The number of hydrogen-bond acceptors (Lipinski definition) is 2. The Morgan fingerprint density at radius 1 is 1.16 bits per heavy atom.